The van der Waals surface area contributed by atoms with Crippen LogP contribution in [0.4, 0.5) is 4.39 Å². The molecule has 2 aromatic rings. The van der Waals surface area contributed by atoms with Gasteiger partial charge in [-0.05, 0) is 43.0 Å². The molecule has 1 atom stereocenters. The van der Waals surface area contributed by atoms with Crippen molar-refractivity contribution in [1.82, 2.24) is 5.43 Å². The van der Waals surface area contributed by atoms with E-state index in [1.165, 1.54) is 24.3 Å². The van der Waals surface area contributed by atoms with E-state index in [0.717, 1.165) is 18.4 Å². The summed E-state index contributed by atoms with van der Waals surface area (Å²) in [4.78, 5) is 0. The Morgan fingerprint density at radius 3 is 2.67 bits per heavy atom. The van der Waals surface area contributed by atoms with Crippen molar-refractivity contribution >= 4 is 0 Å². The fourth-order valence-electron chi connectivity index (χ4n) is 2.42. The molecule has 0 bridgehead atoms. The number of halogens is 1. The first-order valence-corrected chi connectivity index (χ1v) is 6.99. The standard InChI is InChI=1S/C17H21FN2O/c1-12-4-3-5-13(10-12)6-8-16(20-19)14-7-9-17(21-2)15(18)11-14/h3-5,7,9-11,16,20H,6,8,19H2,1-2H3. The third-order valence-corrected chi connectivity index (χ3v) is 3.58. The van der Waals surface area contributed by atoms with Crippen molar-refractivity contribution in [1.29, 1.82) is 0 Å². The van der Waals surface area contributed by atoms with Gasteiger partial charge >= 0.3 is 0 Å². The molecule has 0 aliphatic carbocycles. The van der Waals surface area contributed by atoms with E-state index >= 15 is 0 Å². The quantitative estimate of drug-likeness (QED) is 0.633. The minimum Gasteiger partial charge on any atom is -0.494 e. The van der Waals surface area contributed by atoms with Crippen molar-refractivity contribution < 1.29 is 9.13 Å². The van der Waals surface area contributed by atoms with Crippen molar-refractivity contribution in [3.8, 4) is 5.75 Å². The summed E-state index contributed by atoms with van der Waals surface area (Å²) in [5, 5.41) is 0. The lowest BCUT2D eigenvalue weighted by atomic mass is 9.98. The van der Waals surface area contributed by atoms with Crippen molar-refractivity contribution in [2.45, 2.75) is 25.8 Å². The molecule has 0 heterocycles. The topological polar surface area (TPSA) is 47.3 Å². The highest BCUT2D eigenvalue weighted by atomic mass is 19.1. The molecule has 2 rings (SSSR count). The van der Waals surface area contributed by atoms with E-state index in [1.54, 1.807) is 6.07 Å². The molecule has 3 N–H and O–H groups in total. The third kappa shape index (κ3) is 4.03. The molecule has 0 saturated carbocycles. The van der Waals surface area contributed by atoms with E-state index in [2.05, 4.69) is 30.5 Å². The van der Waals surface area contributed by atoms with E-state index in [0.29, 0.717) is 0 Å². The number of hydrazine groups is 1. The zero-order chi connectivity index (χ0) is 15.2. The third-order valence-electron chi connectivity index (χ3n) is 3.58. The van der Waals surface area contributed by atoms with E-state index in [4.69, 9.17) is 10.6 Å². The number of hydrogen-bond donors (Lipinski definition) is 2. The van der Waals surface area contributed by atoms with Gasteiger partial charge in [0.15, 0.2) is 11.6 Å². The van der Waals surface area contributed by atoms with Crippen LogP contribution in [-0.4, -0.2) is 7.11 Å². The molecular formula is C17H21FN2O. The SMILES string of the molecule is COc1ccc(C(CCc2cccc(C)c2)NN)cc1F. The van der Waals surface area contributed by atoms with Crippen LogP contribution < -0.4 is 16.0 Å². The molecule has 3 nitrogen and oxygen atoms in total. The van der Waals surface area contributed by atoms with Crippen LogP contribution in [0.15, 0.2) is 42.5 Å². The number of nitrogens with two attached hydrogens (primary N) is 1. The number of benzene rings is 2. The van der Waals surface area contributed by atoms with Crippen molar-refractivity contribution in [2.75, 3.05) is 7.11 Å². The lowest BCUT2D eigenvalue weighted by molar-refractivity contribution is 0.385. The van der Waals surface area contributed by atoms with Gasteiger partial charge in [0, 0.05) is 6.04 Å². The molecule has 0 aromatic heterocycles. The lowest BCUT2D eigenvalue weighted by Crippen LogP contribution is -2.28. The molecule has 2 aromatic carbocycles. The van der Waals surface area contributed by atoms with Crippen LogP contribution in [0.5, 0.6) is 5.75 Å². The average molecular weight is 288 g/mol. The number of methoxy groups -OCH3 is 1. The number of nitrogens with one attached hydrogen (secondary N) is 1. The summed E-state index contributed by atoms with van der Waals surface area (Å²) < 4.78 is 18.7. The average Bonchev–Trinajstić information content (AvgIpc) is 2.48. The zero-order valence-electron chi connectivity index (χ0n) is 12.4. The summed E-state index contributed by atoms with van der Waals surface area (Å²) in [7, 11) is 1.45. The summed E-state index contributed by atoms with van der Waals surface area (Å²) >= 11 is 0. The molecular weight excluding hydrogens is 267 g/mol. The highest BCUT2D eigenvalue weighted by Crippen LogP contribution is 2.24. The molecule has 0 fully saturated rings. The van der Waals surface area contributed by atoms with Gasteiger partial charge in [0.2, 0.25) is 0 Å². The smallest absolute Gasteiger partial charge is 0.165 e. The minimum atomic E-state index is -0.370. The molecule has 0 spiro atoms. The summed E-state index contributed by atoms with van der Waals surface area (Å²) in [6, 6.07) is 13.2. The highest BCUT2D eigenvalue weighted by molar-refractivity contribution is 5.31. The monoisotopic (exact) mass is 288 g/mol. The number of ether oxygens (including phenoxy) is 1. The van der Waals surface area contributed by atoms with E-state index in [-0.39, 0.29) is 17.6 Å². The molecule has 112 valence electrons. The van der Waals surface area contributed by atoms with E-state index < -0.39 is 0 Å². The Balaban J connectivity index is 2.07. The van der Waals surface area contributed by atoms with Crippen LogP contribution in [-0.2, 0) is 6.42 Å². The molecule has 4 heteroatoms. The van der Waals surface area contributed by atoms with Crippen LogP contribution in [0.25, 0.3) is 0 Å². The number of aryl methyl sites for hydroxylation is 2. The van der Waals surface area contributed by atoms with Crippen molar-refractivity contribution in [3.63, 3.8) is 0 Å². The maximum absolute atomic E-state index is 13.8. The second-order valence-electron chi connectivity index (χ2n) is 5.14. The maximum Gasteiger partial charge on any atom is 0.165 e. The van der Waals surface area contributed by atoms with Gasteiger partial charge in [0.25, 0.3) is 0 Å². The predicted octanol–water partition coefficient (Wildman–Crippen LogP) is 3.28. The summed E-state index contributed by atoms with van der Waals surface area (Å²) in [6.45, 7) is 2.07. The van der Waals surface area contributed by atoms with Crippen LogP contribution in [0.1, 0.15) is 29.2 Å². The second-order valence-corrected chi connectivity index (χ2v) is 5.14. The Hall–Kier alpha value is -1.91. The molecule has 21 heavy (non-hydrogen) atoms. The first kappa shape index (κ1) is 15.5. The zero-order valence-corrected chi connectivity index (χ0v) is 12.4. The fourth-order valence-corrected chi connectivity index (χ4v) is 2.42. The minimum absolute atomic E-state index is 0.0917. The Bertz CT molecular complexity index is 601. The Kier molecular flexibility index (Phi) is 5.31. The Morgan fingerprint density at radius 2 is 2.05 bits per heavy atom. The highest BCUT2D eigenvalue weighted by Gasteiger charge is 2.13. The Labute approximate surface area is 124 Å². The van der Waals surface area contributed by atoms with Gasteiger partial charge in [-0.1, -0.05) is 35.9 Å². The summed E-state index contributed by atoms with van der Waals surface area (Å²) in [5.41, 5.74) is 6.07. The first-order valence-electron chi connectivity index (χ1n) is 6.99. The van der Waals surface area contributed by atoms with Gasteiger partial charge < -0.3 is 4.74 Å². The molecule has 0 amide bonds. The number of rotatable bonds is 6. The van der Waals surface area contributed by atoms with E-state index in [9.17, 15) is 4.39 Å². The van der Waals surface area contributed by atoms with Crippen LogP contribution in [0.3, 0.4) is 0 Å². The first-order chi connectivity index (χ1) is 10.1. The molecule has 1 unspecified atom stereocenters. The van der Waals surface area contributed by atoms with Crippen LogP contribution >= 0.6 is 0 Å². The molecule has 0 saturated heterocycles. The second kappa shape index (κ2) is 7.20. The molecule has 0 radical (unpaired) electrons. The van der Waals surface area contributed by atoms with Gasteiger partial charge in [0.05, 0.1) is 7.11 Å². The van der Waals surface area contributed by atoms with Gasteiger partial charge in [-0.25, -0.2) is 4.39 Å². The summed E-state index contributed by atoms with van der Waals surface area (Å²) in [5.74, 6) is 5.49. The summed E-state index contributed by atoms with van der Waals surface area (Å²) in [6.07, 6.45) is 1.68. The Morgan fingerprint density at radius 1 is 1.24 bits per heavy atom. The molecule has 0 aliphatic heterocycles. The molecule has 0 aliphatic rings. The predicted molar refractivity (Wildman–Crippen MR) is 82.5 cm³/mol. The van der Waals surface area contributed by atoms with Gasteiger partial charge in [-0.3, -0.25) is 11.3 Å². The van der Waals surface area contributed by atoms with Gasteiger partial charge in [-0.2, -0.15) is 0 Å². The van der Waals surface area contributed by atoms with Crippen LogP contribution in [0.2, 0.25) is 0 Å². The maximum atomic E-state index is 13.8. The van der Waals surface area contributed by atoms with Crippen LogP contribution in [0, 0.1) is 12.7 Å². The van der Waals surface area contributed by atoms with Gasteiger partial charge in [-0.15, -0.1) is 0 Å². The lowest BCUT2D eigenvalue weighted by Gasteiger charge is -2.17. The number of hydrogen-bond acceptors (Lipinski definition) is 3. The fraction of sp³-hybridized carbons (Fsp3) is 0.294. The van der Waals surface area contributed by atoms with Gasteiger partial charge in [0.1, 0.15) is 0 Å². The van der Waals surface area contributed by atoms with Crippen molar-refractivity contribution in [2.24, 2.45) is 5.84 Å². The largest absolute Gasteiger partial charge is 0.494 e. The van der Waals surface area contributed by atoms with Crippen molar-refractivity contribution in [3.05, 3.63) is 65.0 Å². The van der Waals surface area contributed by atoms with E-state index in [1.807, 2.05) is 12.1 Å². The normalized spacial score (nSPS) is 12.2.